The molecule has 0 saturated carbocycles. The predicted octanol–water partition coefficient (Wildman–Crippen LogP) is 7.45. The van der Waals surface area contributed by atoms with Crippen molar-refractivity contribution in [3.05, 3.63) is 49.7 Å². The van der Waals surface area contributed by atoms with Crippen molar-refractivity contribution in [2.24, 2.45) is 0 Å². The fourth-order valence-corrected chi connectivity index (χ4v) is 3.95. The molecule has 0 unspecified atom stereocenters. The molecular weight excluding hydrogens is 389 g/mol. The molecule has 26 heavy (non-hydrogen) atoms. The van der Waals surface area contributed by atoms with Gasteiger partial charge in [-0.25, -0.2) is 0 Å². The number of aryl methyl sites for hydroxylation is 1. The summed E-state index contributed by atoms with van der Waals surface area (Å²) in [7, 11) is 0. The molecule has 1 aromatic heterocycles. The molecule has 0 fully saturated rings. The maximum atomic E-state index is 10.8. The number of halogens is 3. The molecule has 0 bridgehead atoms. The normalized spacial score (nSPS) is 12.7. The van der Waals surface area contributed by atoms with E-state index in [0.29, 0.717) is 21.1 Å². The van der Waals surface area contributed by atoms with Crippen LogP contribution < -0.4 is 0 Å². The van der Waals surface area contributed by atoms with Crippen LogP contribution in [0.3, 0.4) is 0 Å². The van der Waals surface area contributed by atoms with E-state index >= 15 is 0 Å². The summed E-state index contributed by atoms with van der Waals surface area (Å²) in [5.74, 6) is 0.414. The summed E-state index contributed by atoms with van der Waals surface area (Å²) in [4.78, 5) is 2.86. The molecule has 144 valence electrons. The molecule has 1 heterocycles. The van der Waals surface area contributed by atoms with E-state index < -0.39 is 0 Å². The first-order valence-electron chi connectivity index (χ1n) is 8.90. The first-order valence-corrected chi connectivity index (χ1v) is 10.0. The van der Waals surface area contributed by atoms with E-state index in [2.05, 4.69) is 58.7 Å². The van der Waals surface area contributed by atoms with Crippen molar-refractivity contribution < 1.29 is 5.11 Å². The lowest BCUT2D eigenvalue weighted by Gasteiger charge is -2.28. The first-order chi connectivity index (χ1) is 11.8. The molecule has 0 aliphatic heterocycles. The Kier molecular flexibility index (Phi) is 6.32. The lowest BCUT2D eigenvalue weighted by atomic mass is 9.78. The highest BCUT2D eigenvalue weighted by molar-refractivity contribution is 6.44. The largest absolute Gasteiger partial charge is 0.507 e. The summed E-state index contributed by atoms with van der Waals surface area (Å²) in [5.41, 5.74) is 3.80. The van der Waals surface area contributed by atoms with Gasteiger partial charge < -0.3 is 10.1 Å². The second-order valence-corrected chi connectivity index (χ2v) is 10.1. The van der Waals surface area contributed by atoms with Crippen LogP contribution in [-0.2, 0) is 23.7 Å². The van der Waals surface area contributed by atoms with Crippen molar-refractivity contribution in [2.75, 3.05) is 0 Å². The van der Waals surface area contributed by atoms with Crippen LogP contribution in [0.4, 0.5) is 0 Å². The SMILES string of the molecule is CC(C)(C)c1cc(CCCc2c(Cl)[nH]c(Cl)c2Cl)cc(C(C)(C)C)c1O. The average molecular weight is 417 g/mol. The molecule has 0 aliphatic rings. The number of nitrogens with one attached hydrogen (secondary N) is 1. The van der Waals surface area contributed by atoms with Gasteiger partial charge in [0.15, 0.2) is 0 Å². The van der Waals surface area contributed by atoms with Gasteiger partial charge in [0.1, 0.15) is 16.1 Å². The van der Waals surface area contributed by atoms with Gasteiger partial charge in [0.25, 0.3) is 0 Å². The van der Waals surface area contributed by atoms with Crippen LogP contribution in [0.15, 0.2) is 12.1 Å². The summed E-state index contributed by atoms with van der Waals surface area (Å²) >= 11 is 18.4. The third-order valence-electron chi connectivity index (χ3n) is 4.62. The quantitative estimate of drug-likeness (QED) is 0.533. The van der Waals surface area contributed by atoms with Gasteiger partial charge in [-0.2, -0.15) is 0 Å². The van der Waals surface area contributed by atoms with Gasteiger partial charge in [-0.15, -0.1) is 0 Å². The van der Waals surface area contributed by atoms with Gasteiger partial charge in [0.05, 0.1) is 5.02 Å². The maximum Gasteiger partial charge on any atom is 0.126 e. The zero-order chi connectivity index (χ0) is 19.9. The van der Waals surface area contributed by atoms with Crippen LogP contribution in [0.2, 0.25) is 15.3 Å². The minimum Gasteiger partial charge on any atom is -0.507 e. The molecule has 0 atom stereocenters. The Hall–Kier alpha value is -0.830. The highest BCUT2D eigenvalue weighted by Crippen LogP contribution is 2.40. The molecule has 2 N–H and O–H groups in total. The van der Waals surface area contributed by atoms with Gasteiger partial charge >= 0.3 is 0 Å². The fraction of sp³-hybridized carbons (Fsp3) is 0.524. The number of phenolic OH excluding ortho intramolecular Hbond substituents is 1. The van der Waals surface area contributed by atoms with Gasteiger partial charge in [-0.05, 0) is 46.8 Å². The van der Waals surface area contributed by atoms with Crippen molar-refractivity contribution in [2.45, 2.75) is 71.6 Å². The van der Waals surface area contributed by atoms with E-state index in [1.807, 2.05) is 0 Å². The number of aromatic amines is 1. The Labute approximate surface area is 171 Å². The first kappa shape index (κ1) is 21.5. The van der Waals surface area contributed by atoms with Gasteiger partial charge in [-0.1, -0.05) is 88.5 Å². The standard InChI is InChI=1S/C21H28Cl3NO/c1-20(2,3)14-10-12(11-15(17(14)26)21(4,5)6)8-7-9-13-16(22)19(24)25-18(13)23/h10-11,25-26H,7-9H2,1-6H3. The molecule has 1 aromatic carbocycles. The van der Waals surface area contributed by atoms with Gasteiger partial charge in [0.2, 0.25) is 0 Å². The number of benzene rings is 1. The smallest absolute Gasteiger partial charge is 0.126 e. The molecule has 2 rings (SSSR count). The number of hydrogen-bond acceptors (Lipinski definition) is 1. The minimum atomic E-state index is -0.124. The Morgan fingerprint density at radius 3 is 1.73 bits per heavy atom. The summed E-state index contributed by atoms with van der Waals surface area (Å²) in [6.07, 6.45) is 2.52. The van der Waals surface area contributed by atoms with Crippen LogP contribution in [0.5, 0.6) is 5.75 Å². The molecule has 0 radical (unpaired) electrons. The van der Waals surface area contributed by atoms with E-state index in [-0.39, 0.29) is 10.8 Å². The number of aromatic hydroxyl groups is 1. The number of H-pyrrole nitrogens is 1. The number of rotatable bonds is 4. The monoisotopic (exact) mass is 415 g/mol. The highest BCUT2D eigenvalue weighted by Gasteiger charge is 2.26. The second kappa shape index (κ2) is 7.66. The Morgan fingerprint density at radius 2 is 1.35 bits per heavy atom. The fourth-order valence-electron chi connectivity index (χ4n) is 3.13. The summed E-state index contributed by atoms with van der Waals surface area (Å²) in [5, 5.41) is 12.2. The van der Waals surface area contributed by atoms with Gasteiger partial charge in [0, 0.05) is 5.56 Å². The van der Waals surface area contributed by atoms with Crippen LogP contribution in [-0.4, -0.2) is 10.1 Å². The minimum absolute atomic E-state index is 0.124. The van der Waals surface area contributed by atoms with E-state index in [9.17, 15) is 5.11 Å². The van der Waals surface area contributed by atoms with Crippen molar-refractivity contribution >= 4 is 34.8 Å². The number of aromatic nitrogens is 1. The van der Waals surface area contributed by atoms with Crippen molar-refractivity contribution in [3.63, 3.8) is 0 Å². The van der Waals surface area contributed by atoms with Crippen LogP contribution in [0, 0.1) is 0 Å². The molecule has 2 nitrogen and oxygen atoms in total. The lowest BCUT2D eigenvalue weighted by molar-refractivity contribution is 0.422. The van der Waals surface area contributed by atoms with E-state index in [1.54, 1.807) is 0 Å². The molecule has 2 aromatic rings. The summed E-state index contributed by atoms with van der Waals surface area (Å²) in [6, 6.07) is 4.25. The predicted molar refractivity (Wildman–Crippen MR) is 113 cm³/mol. The third kappa shape index (κ3) is 4.71. The molecule has 0 saturated heterocycles. The van der Waals surface area contributed by atoms with Crippen molar-refractivity contribution in [1.29, 1.82) is 0 Å². The van der Waals surface area contributed by atoms with Crippen molar-refractivity contribution in [3.8, 4) is 5.75 Å². The molecule has 0 aliphatic carbocycles. The summed E-state index contributed by atoms with van der Waals surface area (Å²) < 4.78 is 0. The molecular formula is C21H28Cl3NO. The Bertz CT molecular complexity index is 760. The Balaban J connectivity index is 2.29. The van der Waals surface area contributed by atoms with Gasteiger partial charge in [-0.3, -0.25) is 0 Å². The second-order valence-electron chi connectivity index (χ2n) is 8.94. The topological polar surface area (TPSA) is 36.0 Å². The number of phenols is 1. The zero-order valence-corrected chi connectivity index (χ0v) is 18.6. The average Bonchev–Trinajstić information content (AvgIpc) is 2.72. The number of hydrogen-bond donors (Lipinski definition) is 2. The zero-order valence-electron chi connectivity index (χ0n) is 16.4. The Morgan fingerprint density at radius 1 is 0.846 bits per heavy atom. The third-order valence-corrected chi connectivity index (χ3v) is 5.74. The molecule has 0 spiro atoms. The highest BCUT2D eigenvalue weighted by atomic mass is 35.5. The van der Waals surface area contributed by atoms with E-state index in [1.165, 1.54) is 5.56 Å². The molecule has 0 amide bonds. The van der Waals surface area contributed by atoms with Crippen LogP contribution in [0.1, 0.15) is 70.2 Å². The van der Waals surface area contributed by atoms with E-state index in [0.717, 1.165) is 36.0 Å². The lowest BCUT2D eigenvalue weighted by Crippen LogP contribution is -2.18. The van der Waals surface area contributed by atoms with Crippen molar-refractivity contribution in [1.82, 2.24) is 4.98 Å². The molecule has 5 heteroatoms. The summed E-state index contributed by atoms with van der Waals surface area (Å²) in [6.45, 7) is 12.7. The van der Waals surface area contributed by atoms with E-state index in [4.69, 9.17) is 34.8 Å². The maximum absolute atomic E-state index is 10.8. The van der Waals surface area contributed by atoms with Crippen LogP contribution >= 0.6 is 34.8 Å². The van der Waals surface area contributed by atoms with Crippen LogP contribution in [0.25, 0.3) is 0 Å².